The second-order valence-electron chi connectivity index (χ2n) is 3.98. The van der Waals surface area contributed by atoms with Crippen molar-refractivity contribution in [1.82, 2.24) is 15.0 Å². The van der Waals surface area contributed by atoms with E-state index in [-0.39, 0.29) is 17.8 Å². The van der Waals surface area contributed by atoms with Gasteiger partial charge in [0.15, 0.2) is 5.69 Å². The van der Waals surface area contributed by atoms with Gasteiger partial charge in [0.2, 0.25) is 0 Å². The van der Waals surface area contributed by atoms with Gasteiger partial charge in [-0.1, -0.05) is 17.3 Å². The number of nitriles is 1. The molecule has 0 saturated carbocycles. The van der Waals surface area contributed by atoms with Crippen LogP contribution in [0.2, 0.25) is 0 Å². The molecular formula is C12H7F3N4O2. The first kappa shape index (κ1) is 14.5. The first-order valence-corrected chi connectivity index (χ1v) is 5.56. The Labute approximate surface area is 116 Å². The molecule has 1 N–H and O–H groups in total. The summed E-state index contributed by atoms with van der Waals surface area (Å²) in [6.45, 7) is -0.267. The molecule has 1 aromatic heterocycles. The Morgan fingerprint density at radius 1 is 1.33 bits per heavy atom. The van der Waals surface area contributed by atoms with Gasteiger partial charge in [-0.05, 0) is 12.1 Å². The molecule has 9 heteroatoms. The largest absolute Gasteiger partial charge is 0.476 e. The van der Waals surface area contributed by atoms with E-state index in [1.807, 2.05) is 0 Å². The number of halogens is 3. The number of carboxylic acid groups (broad SMARTS) is 1. The van der Waals surface area contributed by atoms with Gasteiger partial charge in [0.1, 0.15) is 12.2 Å². The van der Waals surface area contributed by atoms with Gasteiger partial charge in [0.05, 0.1) is 11.6 Å². The van der Waals surface area contributed by atoms with E-state index >= 15 is 0 Å². The van der Waals surface area contributed by atoms with E-state index in [1.54, 1.807) is 6.07 Å². The number of hydrogen-bond donors (Lipinski definition) is 1. The Bertz CT molecular complexity index is 714. The zero-order chi connectivity index (χ0) is 15.6. The zero-order valence-corrected chi connectivity index (χ0v) is 10.3. The monoisotopic (exact) mass is 296 g/mol. The fourth-order valence-electron chi connectivity index (χ4n) is 1.74. The highest BCUT2D eigenvalue weighted by Gasteiger charge is 2.30. The summed E-state index contributed by atoms with van der Waals surface area (Å²) in [5.74, 6) is -1.38. The van der Waals surface area contributed by atoms with Gasteiger partial charge in [0.25, 0.3) is 0 Å². The number of rotatable bonds is 3. The minimum absolute atomic E-state index is 0.0159. The van der Waals surface area contributed by atoms with Gasteiger partial charge >= 0.3 is 12.1 Å². The molecule has 0 amide bonds. The van der Waals surface area contributed by atoms with Crippen LogP contribution in [0.15, 0.2) is 24.3 Å². The summed E-state index contributed by atoms with van der Waals surface area (Å²) in [5.41, 5.74) is -1.12. The summed E-state index contributed by atoms with van der Waals surface area (Å²) in [6, 6.07) is 5.64. The Balaban J connectivity index is 2.53. The van der Waals surface area contributed by atoms with Crippen LogP contribution in [0.1, 0.15) is 16.1 Å². The minimum atomic E-state index is -4.49. The molecule has 21 heavy (non-hydrogen) atoms. The lowest BCUT2D eigenvalue weighted by Crippen LogP contribution is -2.06. The molecule has 0 aliphatic rings. The SMILES string of the molecule is N#CCn1nnc(C(=O)O)c1-c1ccc(C(F)(F)F)cc1. The molecule has 2 rings (SSSR count). The molecule has 0 spiro atoms. The topological polar surface area (TPSA) is 91.8 Å². The third-order valence-corrected chi connectivity index (χ3v) is 2.64. The number of hydrogen-bond acceptors (Lipinski definition) is 4. The first-order chi connectivity index (χ1) is 9.84. The van der Waals surface area contributed by atoms with E-state index in [0.717, 1.165) is 28.9 Å². The summed E-state index contributed by atoms with van der Waals surface area (Å²) >= 11 is 0. The maximum absolute atomic E-state index is 12.5. The van der Waals surface area contributed by atoms with Gasteiger partial charge in [-0.25, -0.2) is 9.48 Å². The first-order valence-electron chi connectivity index (χ1n) is 5.56. The molecule has 0 radical (unpaired) electrons. The average Bonchev–Trinajstić information content (AvgIpc) is 2.82. The lowest BCUT2D eigenvalue weighted by molar-refractivity contribution is -0.137. The number of aromatic carboxylic acids is 1. The molecule has 6 nitrogen and oxygen atoms in total. The van der Waals surface area contributed by atoms with Gasteiger partial charge in [-0.2, -0.15) is 18.4 Å². The number of benzene rings is 1. The van der Waals surface area contributed by atoms with Crippen LogP contribution in [0.25, 0.3) is 11.3 Å². The van der Waals surface area contributed by atoms with Gasteiger partial charge < -0.3 is 5.11 Å². The average molecular weight is 296 g/mol. The molecule has 2 aromatic rings. The molecule has 108 valence electrons. The predicted molar refractivity (Wildman–Crippen MR) is 63.0 cm³/mol. The van der Waals surface area contributed by atoms with Crippen molar-refractivity contribution in [2.75, 3.05) is 0 Å². The lowest BCUT2D eigenvalue weighted by atomic mass is 10.1. The maximum atomic E-state index is 12.5. The standard InChI is InChI=1S/C12H7F3N4O2/c13-12(14,15)8-3-1-7(2-4-8)10-9(11(20)21)17-18-19(10)6-5-16/h1-4H,6H2,(H,20,21). The molecule has 0 aliphatic heterocycles. The van der Waals surface area contributed by atoms with E-state index in [2.05, 4.69) is 10.3 Å². The predicted octanol–water partition coefficient (Wildman–Crippen LogP) is 2.19. The summed E-state index contributed by atoms with van der Waals surface area (Å²) in [4.78, 5) is 11.1. The van der Waals surface area contributed by atoms with E-state index < -0.39 is 23.4 Å². The fraction of sp³-hybridized carbons (Fsp3) is 0.167. The molecule has 0 saturated heterocycles. The lowest BCUT2D eigenvalue weighted by Gasteiger charge is -2.08. The zero-order valence-electron chi connectivity index (χ0n) is 10.3. The minimum Gasteiger partial charge on any atom is -0.476 e. The van der Waals surface area contributed by atoms with E-state index in [4.69, 9.17) is 10.4 Å². The molecule has 0 atom stereocenters. The molecule has 0 unspecified atom stereocenters. The van der Waals surface area contributed by atoms with Crippen LogP contribution in [0.3, 0.4) is 0 Å². The van der Waals surface area contributed by atoms with Crippen LogP contribution in [0.4, 0.5) is 13.2 Å². The number of carboxylic acids is 1. The highest BCUT2D eigenvalue weighted by atomic mass is 19.4. The number of carbonyl (C=O) groups is 1. The van der Waals surface area contributed by atoms with Crippen molar-refractivity contribution < 1.29 is 23.1 Å². The van der Waals surface area contributed by atoms with Crippen molar-refractivity contribution in [3.8, 4) is 17.3 Å². The number of aromatic nitrogens is 3. The van der Waals surface area contributed by atoms with Crippen LogP contribution in [-0.2, 0) is 12.7 Å². The second kappa shape index (κ2) is 5.24. The van der Waals surface area contributed by atoms with E-state index in [1.165, 1.54) is 0 Å². The van der Waals surface area contributed by atoms with Crippen LogP contribution in [0, 0.1) is 11.3 Å². The van der Waals surface area contributed by atoms with Crippen molar-refractivity contribution in [3.63, 3.8) is 0 Å². The highest BCUT2D eigenvalue weighted by Crippen LogP contribution is 2.31. The Morgan fingerprint density at radius 3 is 2.43 bits per heavy atom. The fourth-order valence-corrected chi connectivity index (χ4v) is 1.74. The molecule has 1 heterocycles. The molecule has 0 fully saturated rings. The quantitative estimate of drug-likeness (QED) is 0.937. The number of nitrogens with zero attached hydrogens (tertiary/aromatic N) is 4. The van der Waals surface area contributed by atoms with Crippen LogP contribution in [0.5, 0.6) is 0 Å². The Kier molecular flexibility index (Phi) is 3.62. The van der Waals surface area contributed by atoms with Crippen molar-refractivity contribution in [3.05, 3.63) is 35.5 Å². The smallest absolute Gasteiger partial charge is 0.416 e. The summed E-state index contributed by atoms with van der Waals surface area (Å²) in [6.07, 6.45) is -4.49. The van der Waals surface area contributed by atoms with Gasteiger partial charge in [-0.3, -0.25) is 0 Å². The Hall–Kier alpha value is -2.89. The van der Waals surface area contributed by atoms with E-state index in [0.29, 0.717) is 0 Å². The summed E-state index contributed by atoms with van der Waals surface area (Å²) in [5, 5.41) is 24.6. The van der Waals surface area contributed by atoms with Crippen molar-refractivity contribution in [1.29, 1.82) is 5.26 Å². The summed E-state index contributed by atoms with van der Waals surface area (Å²) < 4.78 is 38.5. The maximum Gasteiger partial charge on any atom is 0.416 e. The normalized spacial score (nSPS) is 11.1. The number of alkyl halides is 3. The molecule has 0 bridgehead atoms. The van der Waals surface area contributed by atoms with Crippen LogP contribution in [-0.4, -0.2) is 26.1 Å². The highest BCUT2D eigenvalue weighted by molar-refractivity contribution is 5.92. The van der Waals surface area contributed by atoms with Crippen LogP contribution < -0.4 is 0 Å². The third kappa shape index (κ3) is 2.84. The Morgan fingerprint density at radius 2 is 1.95 bits per heavy atom. The molecular weight excluding hydrogens is 289 g/mol. The van der Waals surface area contributed by atoms with Crippen molar-refractivity contribution in [2.24, 2.45) is 0 Å². The third-order valence-electron chi connectivity index (χ3n) is 2.64. The van der Waals surface area contributed by atoms with Crippen molar-refractivity contribution >= 4 is 5.97 Å². The van der Waals surface area contributed by atoms with Gasteiger partial charge in [-0.15, -0.1) is 5.10 Å². The van der Waals surface area contributed by atoms with Gasteiger partial charge in [0, 0.05) is 5.56 Å². The van der Waals surface area contributed by atoms with Crippen molar-refractivity contribution in [2.45, 2.75) is 12.7 Å². The molecule has 0 aliphatic carbocycles. The van der Waals surface area contributed by atoms with Crippen LogP contribution >= 0.6 is 0 Å². The van der Waals surface area contributed by atoms with E-state index in [9.17, 15) is 18.0 Å². The summed E-state index contributed by atoms with van der Waals surface area (Å²) in [7, 11) is 0. The second-order valence-corrected chi connectivity index (χ2v) is 3.98. The molecule has 1 aromatic carbocycles.